The van der Waals surface area contributed by atoms with E-state index < -0.39 is 0 Å². The largest absolute Gasteiger partial charge is 0.489 e. The van der Waals surface area contributed by atoms with Crippen molar-refractivity contribution in [2.45, 2.75) is 26.0 Å². The van der Waals surface area contributed by atoms with Gasteiger partial charge in [-0.3, -0.25) is 0 Å². The van der Waals surface area contributed by atoms with Gasteiger partial charge in [-0.2, -0.15) is 0 Å². The molecule has 0 saturated carbocycles. The molecule has 2 unspecified atom stereocenters. The van der Waals surface area contributed by atoms with Gasteiger partial charge in [-0.15, -0.1) is 0 Å². The van der Waals surface area contributed by atoms with Crippen LogP contribution < -0.4 is 15.2 Å². The average molecular weight is 269 g/mol. The van der Waals surface area contributed by atoms with Gasteiger partial charge in [-0.1, -0.05) is 35.9 Å². The maximum Gasteiger partial charge on any atom is 0.152 e. The topological polar surface area (TPSA) is 44.5 Å². The SMILES string of the molecule is Cc1ccc(OC2COc3ccccc3C2N)c(C)c1. The van der Waals surface area contributed by atoms with Crippen molar-refractivity contribution in [1.82, 2.24) is 0 Å². The molecule has 1 aliphatic rings. The van der Waals surface area contributed by atoms with Gasteiger partial charge in [0.2, 0.25) is 0 Å². The predicted octanol–water partition coefficient (Wildman–Crippen LogP) is 3.14. The average Bonchev–Trinajstić information content (AvgIpc) is 2.45. The van der Waals surface area contributed by atoms with E-state index in [4.69, 9.17) is 15.2 Å². The molecule has 1 heterocycles. The Kier molecular flexibility index (Phi) is 3.36. The van der Waals surface area contributed by atoms with Crippen LogP contribution in [0.1, 0.15) is 22.7 Å². The summed E-state index contributed by atoms with van der Waals surface area (Å²) in [5.41, 5.74) is 9.67. The van der Waals surface area contributed by atoms with Crippen LogP contribution >= 0.6 is 0 Å². The Morgan fingerprint density at radius 1 is 1.15 bits per heavy atom. The molecule has 2 atom stereocenters. The van der Waals surface area contributed by atoms with Gasteiger partial charge in [0.05, 0.1) is 6.04 Å². The molecule has 104 valence electrons. The number of nitrogens with two attached hydrogens (primary N) is 1. The van der Waals surface area contributed by atoms with Gasteiger partial charge in [0.25, 0.3) is 0 Å². The van der Waals surface area contributed by atoms with Crippen LogP contribution in [0.5, 0.6) is 11.5 Å². The Balaban J connectivity index is 1.83. The predicted molar refractivity (Wildman–Crippen MR) is 79.2 cm³/mol. The number of hydrogen-bond donors (Lipinski definition) is 1. The van der Waals surface area contributed by atoms with Gasteiger partial charge in [-0.25, -0.2) is 0 Å². The lowest BCUT2D eigenvalue weighted by Crippen LogP contribution is -2.40. The highest BCUT2D eigenvalue weighted by molar-refractivity contribution is 5.40. The van der Waals surface area contributed by atoms with E-state index in [1.54, 1.807) is 0 Å². The van der Waals surface area contributed by atoms with Gasteiger partial charge >= 0.3 is 0 Å². The molecule has 0 fully saturated rings. The summed E-state index contributed by atoms with van der Waals surface area (Å²) in [5.74, 6) is 1.74. The normalized spacial score (nSPS) is 20.9. The molecular weight excluding hydrogens is 250 g/mol. The first-order chi connectivity index (χ1) is 9.65. The Bertz CT molecular complexity index is 624. The quantitative estimate of drug-likeness (QED) is 0.911. The molecule has 0 amide bonds. The standard InChI is InChI=1S/C17H19NO2/c1-11-7-8-14(12(2)9-11)20-16-10-19-15-6-4-3-5-13(15)17(16)18/h3-9,16-17H,10,18H2,1-2H3. The maximum atomic E-state index is 6.31. The lowest BCUT2D eigenvalue weighted by Gasteiger charge is -2.31. The zero-order valence-electron chi connectivity index (χ0n) is 11.8. The summed E-state index contributed by atoms with van der Waals surface area (Å²) in [5, 5.41) is 0. The van der Waals surface area contributed by atoms with Crippen LogP contribution in [-0.4, -0.2) is 12.7 Å². The zero-order valence-corrected chi connectivity index (χ0v) is 11.8. The number of benzene rings is 2. The van der Waals surface area contributed by atoms with E-state index in [1.807, 2.05) is 43.3 Å². The number of fused-ring (bicyclic) bond motifs is 1. The van der Waals surface area contributed by atoms with Crippen molar-refractivity contribution in [3.63, 3.8) is 0 Å². The molecule has 0 bridgehead atoms. The van der Waals surface area contributed by atoms with Crippen molar-refractivity contribution in [2.75, 3.05) is 6.61 Å². The van der Waals surface area contributed by atoms with Crippen molar-refractivity contribution in [2.24, 2.45) is 5.73 Å². The monoisotopic (exact) mass is 269 g/mol. The summed E-state index contributed by atoms with van der Waals surface area (Å²) in [6.07, 6.45) is -0.161. The van der Waals surface area contributed by atoms with Crippen LogP contribution in [0.3, 0.4) is 0 Å². The summed E-state index contributed by atoms with van der Waals surface area (Å²) in [7, 11) is 0. The Morgan fingerprint density at radius 2 is 1.95 bits per heavy atom. The molecule has 0 aliphatic carbocycles. The first kappa shape index (κ1) is 13.0. The fourth-order valence-corrected chi connectivity index (χ4v) is 2.57. The number of para-hydroxylation sites is 1. The van der Waals surface area contributed by atoms with Gasteiger partial charge in [0.1, 0.15) is 18.1 Å². The molecule has 3 heteroatoms. The van der Waals surface area contributed by atoms with Crippen molar-refractivity contribution in [1.29, 1.82) is 0 Å². The van der Waals surface area contributed by atoms with E-state index in [9.17, 15) is 0 Å². The molecule has 0 spiro atoms. The fraction of sp³-hybridized carbons (Fsp3) is 0.294. The molecule has 0 saturated heterocycles. The first-order valence-corrected chi connectivity index (χ1v) is 6.86. The van der Waals surface area contributed by atoms with Crippen molar-refractivity contribution in [3.8, 4) is 11.5 Å². The van der Waals surface area contributed by atoms with E-state index in [0.717, 1.165) is 22.6 Å². The highest BCUT2D eigenvalue weighted by Crippen LogP contribution is 2.33. The van der Waals surface area contributed by atoms with Gasteiger partial charge < -0.3 is 15.2 Å². The highest BCUT2D eigenvalue weighted by Gasteiger charge is 2.29. The van der Waals surface area contributed by atoms with Gasteiger partial charge in [-0.05, 0) is 31.5 Å². The van der Waals surface area contributed by atoms with Crippen LogP contribution in [0, 0.1) is 13.8 Å². The lowest BCUT2D eigenvalue weighted by molar-refractivity contribution is 0.0872. The third kappa shape index (κ3) is 2.37. The Labute approximate surface area is 119 Å². The van der Waals surface area contributed by atoms with Crippen molar-refractivity contribution < 1.29 is 9.47 Å². The fourth-order valence-electron chi connectivity index (χ4n) is 2.57. The molecule has 3 rings (SSSR count). The summed E-state index contributed by atoms with van der Waals surface area (Å²) in [4.78, 5) is 0. The third-order valence-electron chi connectivity index (χ3n) is 3.69. The lowest BCUT2D eigenvalue weighted by atomic mass is 9.99. The summed E-state index contributed by atoms with van der Waals surface area (Å²) >= 11 is 0. The van der Waals surface area contributed by atoms with E-state index in [-0.39, 0.29) is 12.1 Å². The van der Waals surface area contributed by atoms with E-state index in [1.165, 1.54) is 5.56 Å². The minimum Gasteiger partial charge on any atom is -0.489 e. The first-order valence-electron chi connectivity index (χ1n) is 6.86. The maximum absolute atomic E-state index is 6.31. The summed E-state index contributed by atoms with van der Waals surface area (Å²) in [6.45, 7) is 4.60. The Hall–Kier alpha value is -2.00. The molecule has 2 aromatic carbocycles. The molecule has 1 aliphatic heterocycles. The van der Waals surface area contributed by atoms with Crippen molar-refractivity contribution >= 4 is 0 Å². The summed E-state index contributed by atoms with van der Waals surface area (Å²) < 4.78 is 11.8. The van der Waals surface area contributed by atoms with Gasteiger partial charge in [0.15, 0.2) is 6.10 Å². The zero-order chi connectivity index (χ0) is 14.1. The van der Waals surface area contributed by atoms with Crippen LogP contribution in [0.15, 0.2) is 42.5 Å². The van der Waals surface area contributed by atoms with Crippen LogP contribution in [0.2, 0.25) is 0 Å². The number of ether oxygens (including phenoxy) is 2. The number of aryl methyl sites for hydroxylation is 2. The van der Waals surface area contributed by atoms with E-state index in [0.29, 0.717) is 6.61 Å². The molecule has 2 aromatic rings. The van der Waals surface area contributed by atoms with E-state index >= 15 is 0 Å². The second-order valence-electron chi connectivity index (χ2n) is 5.30. The second kappa shape index (κ2) is 5.17. The smallest absolute Gasteiger partial charge is 0.152 e. The number of hydrogen-bond acceptors (Lipinski definition) is 3. The molecule has 20 heavy (non-hydrogen) atoms. The van der Waals surface area contributed by atoms with E-state index in [2.05, 4.69) is 13.0 Å². The second-order valence-corrected chi connectivity index (χ2v) is 5.30. The molecule has 0 radical (unpaired) electrons. The summed E-state index contributed by atoms with van der Waals surface area (Å²) in [6, 6.07) is 13.9. The van der Waals surface area contributed by atoms with Crippen LogP contribution in [0.4, 0.5) is 0 Å². The molecule has 0 aromatic heterocycles. The van der Waals surface area contributed by atoms with Crippen molar-refractivity contribution in [3.05, 3.63) is 59.2 Å². The molecular formula is C17H19NO2. The third-order valence-corrected chi connectivity index (χ3v) is 3.69. The minimum atomic E-state index is -0.166. The Morgan fingerprint density at radius 3 is 2.75 bits per heavy atom. The molecule has 2 N–H and O–H groups in total. The van der Waals surface area contributed by atoms with Crippen LogP contribution in [0.25, 0.3) is 0 Å². The van der Waals surface area contributed by atoms with Gasteiger partial charge in [0, 0.05) is 5.56 Å². The highest BCUT2D eigenvalue weighted by atomic mass is 16.5. The van der Waals surface area contributed by atoms with Crippen LogP contribution in [-0.2, 0) is 0 Å². The number of rotatable bonds is 2. The minimum absolute atomic E-state index is 0.161. The molecule has 3 nitrogen and oxygen atoms in total.